The predicted molar refractivity (Wildman–Crippen MR) is 82.4 cm³/mol. The van der Waals surface area contributed by atoms with E-state index in [1.54, 1.807) is 11.3 Å². The molecule has 88 valence electrons. The van der Waals surface area contributed by atoms with Crippen LogP contribution in [0.5, 0.6) is 0 Å². The molecule has 3 heteroatoms. The molecule has 1 aromatic heterocycles. The summed E-state index contributed by atoms with van der Waals surface area (Å²) in [6.07, 6.45) is 2.69. The average Bonchev–Trinajstić information content (AvgIpc) is 2.67. The molecule has 0 saturated carbocycles. The van der Waals surface area contributed by atoms with Gasteiger partial charge < -0.3 is 5.11 Å². The Morgan fingerprint density at radius 3 is 2.82 bits per heavy atom. The molecular formula is C14H13IOS. The summed E-state index contributed by atoms with van der Waals surface area (Å²) in [7, 11) is 0. The fourth-order valence-electron chi connectivity index (χ4n) is 1.56. The summed E-state index contributed by atoms with van der Waals surface area (Å²) in [5.41, 5.74) is 0. The molecule has 0 fully saturated rings. The standard InChI is InChI=1S/C14H13IOS/c15-14-11-7-4-5-8-12(11)17-13(14)9-3-1-2-6-10-16/h4-5,7-8,16H,1-2,6,10H2. The SMILES string of the molecule is OCCCCC#Cc1sc2ccccc2c1I. The Morgan fingerprint density at radius 2 is 2.06 bits per heavy atom. The van der Waals surface area contributed by atoms with Crippen LogP contribution in [0.3, 0.4) is 0 Å². The van der Waals surface area contributed by atoms with Crippen molar-refractivity contribution >= 4 is 44.0 Å². The average molecular weight is 356 g/mol. The largest absolute Gasteiger partial charge is 0.396 e. The minimum Gasteiger partial charge on any atom is -0.396 e. The van der Waals surface area contributed by atoms with Gasteiger partial charge in [-0.25, -0.2) is 0 Å². The molecule has 2 rings (SSSR count). The first-order valence-electron chi connectivity index (χ1n) is 5.59. The number of aliphatic hydroxyl groups is 1. The zero-order valence-corrected chi connectivity index (χ0v) is 12.3. The first kappa shape index (κ1) is 12.9. The molecule has 0 bridgehead atoms. The van der Waals surface area contributed by atoms with Crippen molar-refractivity contribution in [2.24, 2.45) is 0 Å². The molecule has 0 radical (unpaired) electrons. The first-order chi connectivity index (χ1) is 8.33. The predicted octanol–water partition coefficient (Wildman–Crippen LogP) is 4.02. The van der Waals surface area contributed by atoms with Crippen LogP contribution >= 0.6 is 33.9 Å². The lowest BCUT2D eigenvalue weighted by Gasteiger charge is -1.89. The maximum Gasteiger partial charge on any atom is 0.0914 e. The molecule has 1 aromatic carbocycles. The van der Waals surface area contributed by atoms with Gasteiger partial charge in [-0.1, -0.05) is 30.0 Å². The minimum absolute atomic E-state index is 0.266. The summed E-state index contributed by atoms with van der Waals surface area (Å²) in [5.74, 6) is 6.42. The number of thiophene rings is 1. The monoisotopic (exact) mass is 356 g/mol. The van der Waals surface area contributed by atoms with Gasteiger partial charge in [-0.3, -0.25) is 0 Å². The van der Waals surface area contributed by atoms with Crippen LogP contribution in [0.25, 0.3) is 10.1 Å². The number of rotatable bonds is 3. The summed E-state index contributed by atoms with van der Waals surface area (Å²) in [4.78, 5) is 1.16. The van der Waals surface area contributed by atoms with Gasteiger partial charge in [0.15, 0.2) is 0 Å². The summed E-state index contributed by atoms with van der Waals surface area (Å²) in [5, 5.41) is 9.98. The van der Waals surface area contributed by atoms with Crippen molar-refractivity contribution in [2.45, 2.75) is 19.3 Å². The lowest BCUT2D eigenvalue weighted by Crippen LogP contribution is -1.80. The molecule has 0 aliphatic carbocycles. The Kier molecular flexibility index (Phi) is 4.84. The second-order valence-corrected chi connectivity index (χ2v) is 5.85. The smallest absolute Gasteiger partial charge is 0.0914 e. The Morgan fingerprint density at radius 1 is 1.24 bits per heavy atom. The van der Waals surface area contributed by atoms with Crippen molar-refractivity contribution in [3.05, 3.63) is 32.7 Å². The molecule has 1 heterocycles. The number of hydrogen-bond acceptors (Lipinski definition) is 2. The van der Waals surface area contributed by atoms with Crippen LogP contribution in [0.1, 0.15) is 24.1 Å². The lowest BCUT2D eigenvalue weighted by molar-refractivity contribution is 0.285. The molecule has 0 aliphatic rings. The van der Waals surface area contributed by atoms with Crippen LogP contribution in [0.4, 0.5) is 0 Å². The Bertz CT molecular complexity index is 562. The van der Waals surface area contributed by atoms with Crippen molar-refractivity contribution in [1.29, 1.82) is 0 Å². The highest BCUT2D eigenvalue weighted by atomic mass is 127. The van der Waals surface area contributed by atoms with E-state index < -0.39 is 0 Å². The maximum atomic E-state index is 8.67. The molecule has 1 nitrogen and oxygen atoms in total. The van der Waals surface area contributed by atoms with Crippen LogP contribution in [-0.2, 0) is 0 Å². The third-order valence-electron chi connectivity index (χ3n) is 2.45. The van der Waals surface area contributed by atoms with Gasteiger partial charge in [-0.05, 0) is 41.5 Å². The summed E-state index contributed by atoms with van der Waals surface area (Å²) >= 11 is 4.13. The molecule has 0 spiro atoms. The molecule has 0 aliphatic heterocycles. The fraction of sp³-hybridized carbons (Fsp3) is 0.286. The third kappa shape index (κ3) is 3.21. The number of fused-ring (bicyclic) bond motifs is 1. The highest BCUT2D eigenvalue weighted by Gasteiger charge is 2.06. The van der Waals surface area contributed by atoms with E-state index in [4.69, 9.17) is 5.11 Å². The normalized spacial score (nSPS) is 10.2. The van der Waals surface area contributed by atoms with E-state index in [0.717, 1.165) is 24.1 Å². The summed E-state index contributed by atoms with van der Waals surface area (Å²) < 4.78 is 2.56. The van der Waals surface area contributed by atoms with Crippen LogP contribution in [0.2, 0.25) is 0 Å². The molecule has 1 N–H and O–H groups in total. The Balaban J connectivity index is 2.16. The van der Waals surface area contributed by atoms with Crippen molar-refractivity contribution in [3.63, 3.8) is 0 Å². The lowest BCUT2D eigenvalue weighted by atomic mass is 10.2. The summed E-state index contributed by atoms with van der Waals surface area (Å²) in [6.45, 7) is 0.266. The fourth-order valence-corrected chi connectivity index (χ4v) is 3.65. The van der Waals surface area contributed by atoms with Gasteiger partial charge in [0.2, 0.25) is 0 Å². The Hall–Kier alpha value is -0.570. The number of benzene rings is 1. The highest BCUT2D eigenvalue weighted by Crippen LogP contribution is 2.31. The van der Waals surface area contributed by atoms with Gasteiger partial charge in [-0.15, -0.1) is 11.3 Å². The van der Waals surface area contributed by atoms with Gasteiger partial charge in [0.25, 0.3) is 0 Å². The Labute approximate surface area is 119 Å². The van der Waals surface area contributed by atoms with Crippen LogP contribution < -0.4 is 0 Å². The second-order valence-electron chi connectivity index (χ2n) is 3.72. The van der Waals surface area contributed by atoms with E-state index >= 15 is 0 Å². The molecule has 0 unspecified atom stereocenters. The molecule has 0 atom stereocenters. The topological polar surface area (TPSA) is 20.2 Å². The third-order valence-corrected chi connectivity index (χ3v) is 5.02. The molecule has 2 aromatic rings. The van der Waals surface area contributed by atoms with Gasteiger partial charge >= 0.3 is 0 Å². The van der Waals surface area contributed by atoms with Crippen molar-refractivity contribution in [3.8, 4) is 11.8 Å². The molecule has 0 amide bonds. The summed E-state index contributed by atoms with van der Waals surface area (Å²) in [6, 6.07) is 8.41. The van der Waals surface area contributed by atoms with Gasteiger partial charge in [0.1, 0.15) is 0 Å². The second kappa shape index (κ2) is 6.39. The van der Waals surface area contributed by atoms with E-state index in [1.807, 2.05) is 0 Å². The van der Waals surface area contributed by atoms with Crippen molar-refractivity contribution < 1.29 is 5.11 Å². The minimum atomic E-state index is 0.266. The van der Waals surface area contributed by atoms with Crippen LogP contribution in [0, 0.1) is 15.4 Å². The van der Waals surface area contributed by atoms with E-state index in [-0.39, 0.29) is 6.61 Å². The van der Waals surface area contributed by atoms with Gasteiger partial charge in [0, 0.05) is 26.7 Å². The van der Waals surface area contributed by atoms with E-state index in [2.05, 4.69) is 58.7 Å². The number of aliphatic hydroxyl groups excluding tert-OH is 1. The number of hydrogen-bond donors (Lipinski definition) is 1. The number of halogens is 1. The van der Waals surface area contributed by atoms with Crippen LogP contribution in [-0.4, -0.2) is 11.7 Å². The molecular weight excluding hydrogens is 343 g/mol. The highest BCUT2D eigenvalue weighted by molar-refractivity contribution is 14.1. The van der Waals surface area contributed by atoms with E-state index in [0.29, 0.717) is 0 Å². The van der Waals surface area contributed by atoms with E-state index in [9.17, 15) is 0 Å². The van der Waals surface area contributed by atoms with Crippen LogP contribution in [0.15, 0.2) is 24.3 Å². The molecule has 17 heavy (non-hydrogen) atoms. The maximum absolute atomic E-state index is 8.67. The molecule has 0 saturated heterocycles. The zero-order chi connectivity index (χ0) is 12.1. The van der Waals surface area contributed by atoms with Crippen molar-refractivity contribution in [2.75, 3.05) is 6.61 Å². The van der Waals surface area contributed by atoms with Gasteiger partial charge in [-0.2, -0.15) is 0 Å². The first-order valence-corrected chi connectivity index (χ1v) is 7.49. The van der Waals surface area contributed by atoms with Gasteiger partial charge in [0.05, 0.1) is 4.88 Å². The zero-order valence-electron chi connectivity index (χ0n) is 9.37. The van der Waals surface area contributed by atoms with Crippen molar-refractivity contribution in [1.82, 2.24) is 0 Å². The quantitative estimate of drug-likeness (QED) is 0.500. The number of unbranched alkanes of at least 4 members (excludes halogenated alkanes) is 2. The van der Waals surface area contributed by atoms with E-state index in [1.165, 1.54) is 13.7 Å².